The van der Waals surface area contributed by atoms with Gasteiger partial charge in [0.25, 0.3) is 5.79 Å². The molecule has 1 unspecified atom stereocenters. The van der Waals surface area contributed by atoms with Crippen molar-refractivity contribution in [1.82, 2.24) is 0 Å². The predicted octanol–water partition coefficient (Wildman–Crippen LogP) is 3.57. The van der Waals surface area contributed by atoms with Gasteiger partial charge >= 0.3 is 5.97 Å². The van der Waals surface area contributed by atoms with Crippen LogP contribution >= 0.6 is 0 Å². The van der Waals surface area contributed by atoms with Crippen LogP contribution in [0.1, 0.15) is 48.7 Å². The summed E-state index contributed by atoms with van der Waals surface area (Å²) in [6, 6.07) is 6.75. The number of methoxy groups -OCH3 is 1. The minimum Gasteiger partial charge on any atom is -0.427 e. The standard InChI is InChI=1S/C20H24O5/c1-12(21)23-18-5-3-4-15(11-18)20(22-2)19(24-25-20)16-7-13-6-14(9-16)10-17(19)8-13/h3-5,11,13-14,16-17H,6-10H2,1-2H3/i2D3. The van der Waals surface area contributed by atoms with Crippen molar-refractivity contribution in [2.45, 2.75) is 50.4 Å². The zero-order valence-electron chi connectivity index (χ0n) is 17.2. The average Bonchev–Trinajstić information content (AvgIpc) is 2.57. The Bertz CT molecular complexity index is 779. The molecule has 6 rings (SSSR count). The van der Waals surface area contributed by atoms with E-state index >= 15 is 0 Å². The second-order valence-electron chi connectivity index (χ2n) is 8.10. The number of rotatable bonds is 3. The fraction of sp³-hybridized carbons (Fsp3) is 0.650. The van der Waals surface area contributed by atoms with Crippen LogP contribution in [0.5, 0.6) is 5.75 Å². The fourth-order valence-corrected chi connectivity index (χ4v) is 6.13. The van der Waals surface area contributed by atoms with Gasteiger partial charge in [-0.3, -0.25) is 4.79 Å². The van der Waals surface area contributed by atoms with E-state index in [1.54, 1.807) is 24.3 Å². The Morgan fingerprint density at radius 3 is 2.44 bits per heavy atom. The highest BCUT2D eigenvalue weighted by atomic mass is 17.3. The van der Waals surface area contributed by atoms with Gasteiger partial charge in [-0.25, -0.2) is 4.89 Å². The summed E-state index contributed by atoms with van der Waals surface area (Å²) in [5.74, 6) is 0.0858. The Kier molecular flexibility index (Phi) is 2.72. The van der Waals surface area contributed by atoms with Crippen LogP contribution in [0.15, 0.2) is 24.3 Å². The molecule has 134 valence electrons. The summed E-state index contributed by atoms with van der Waals surface area (Å²) in [6.45, 7) is 1.32. The summed E-state index contributed by atoms with van der Waals surface area (Å²) in [4.78, 5) is 22.8. The van der Waals surface area contributed by atoms with Crippen molar-refractivity contribution in [3.8, 4) is 5.75 Å². The molecular formula is C20H24O5. The van der Waals surface area contributed by atoms with Crippen molar-refractivity contribution in [3.63, 3.8) is 0 Å². The molecule has 1 atom stereocenters. The van der Waals surface area contributed by atoms with Gasteiger partial charge in [-0.1, -0.05) is 12.1 Å². The normalized spacial score (nSPS) is 46.2. The number of hydrogen-bond donors (Lipinski definition) is 0. The molecule has 1 aromatic carbocycles. The molecule has 5 nitrogen and oxygen atoms in total. The lowest BCUT2D eigenvalue weighted by Gasteiger charge is -2.68. The van der Waals surface area contributed by atoms with Crippen molar-refractivity contribution in [2.75, 3.05) is 7.04 Å². The zero-order valence-corrected chi connectivity index (χ0v) is 14.2. The first kappa shape index (κ1) is 12.8. The van der Waals surface area contributed by atoms with E-state index in [2.05, 4.69) is 0 Å². The highest BCUT2D eigenvalue weighted by Crippen LogP contribution is 2.69. The molecule has 4 saturated carbocycles. The molecule has 0 amide bonds. The summed E-state index contributed by atoms with van der Waals surface area (Å²) in [6.07, 6.45) is 5.29. The number of carbonyl (C=O) groups excluding carboxylic acids is 1. The lowest BCUT2D eigenvalue weighted by atomic mass is 9.47. The number of benzene rings is 1. The smallest absolute Gasteiger partial charge is 0.308 e. The first-order valence-corrected chi connectivity index (χ1v) is 9.08. The summed E-state index contributed by atoms with van der Waals surface area (Å²) in [7, 11) is -2.66. The van der Waals surface area contributed by atoms with E-state index in [0.29, 0.717) is 23.1 Å². The predicted molar refractivity (Wildman–Crippen MR) is 88.4 cm³/mol. The lowest BCUT2D eigenvalue weighted by Crippen LogP contribution is -2.76. The van der Waals surface area contributed by atoms with Crippen LogP contribution in [0, 0.1) is 23.7 Å². The molecule has 1 aliphatic heterocycles. The molecule has 25 heavy (non-hydrogen) atoms. The first-order chi connectivity index (χ1) is 13.2. The van der Waals surface area contributed by atoms with Gasteiger partial charge in [0.2, 0.25) is 0 Å². The van der Waals surface area contributed by atoms with Crippen LogP contribution < -0.4 is 4.74 Å². The van der Waals surface area contributed by atoms with E-state index in [9.17, 15) is 4.79 Å². The molecule has 1 heterocycles. The van der Waals surface area contributed by atoms with Crippen LogP contribution in [0.25, 0.3) is 0 Å². The number of hydrogen-bond acceptors (Lipinski definition) is 5. The van der Waals surface area contributed by atoms with E-state index in [-0.39, 0.29) is 11.8 Å². The van der Waals surface area contributed by atoms with E-state index in [4.69, 9.17) is 23.4 Å². The average molecular weight is 347 g/mol. The van der Waals surface area contributed by atoms with E-state index in [1.807, 2.05) is 0 Å². The van der Waals surface area contributed by atoms with E-state index < -0.39 is 24.4 Å². The Morgan fingerprint density at radius 1 is 1.16 bits per heavy atom. The minimum absolute atomic E-state index is 0.192. The van der Waals surface area contributed by atoms with E-state index in [0.717, 1.165) is 25.7 Å². The fourth-order valence-electron chi connectivity index (χ4n) is 6.13. The largest absolute Gasteiger partial charge is 0.427 e. The summed E-state index contributed by atoms with van der Waals surface area (Å²) in [5, 5.41) is 0. The third-order valence-corrected chi connectivity index (χ3v) is 6.78. The van der Waals surface area contributed by atoms with Gasteiger partial charge in [-0.2, -0.15) is 4.89 Å². The van der Waals surface area contributed by atoms with Crippen LogP contribution in [0.2, 0.25) is 0 Å². The van der Waals surface area contributed by atoms with Gasteiger partial charge in [0.05, 0.1) is 4.11 Å². The van der Waals surface area contributed by atoms with Crippen molar-refractivity contribution in [2.24, 2.45) is 23.7 Å². The van der Waals surface area contributed by atoms with Gasteiger partial charge < -0.3 is 9.47 Å². The van der Waals surface area contributed by atoms with Crippen molar-refractivity contribution in [3.05, 3.63) is 29.8 Å². The number of ether oxygens (including phenoxy) is 2. The highest BCUT2D eigenvalue weighted by molar-refractivity contribution is 5.69. The van der Waals surface area contributed by atoms with Gasteiger partial charge in [-0.05, 0) is 67.9 Å². The lowest BCUT2D eigenvalue weighted by molar-refractivity contribution is -0.645. The van der Waals surface area contributed by atoms with Crippen molar-refractivity contribution >= 4 is 5.97 Å². The second kappa shape index (κ2) is 5.29. The first-order valence-electron chi connectivity index (χ1n) is 10.6. The molecule has 5 aliphatic rings. The summed E-state index contributed by atoms with van der Waals surface area (Å²) >= 11 is 0. The molecule has 4 bridgehead atoms. The van der Waals surface area contributed by atoms with Crippen LogP contribution in [0.4, 0.5) is 0 Å². The molecule has 1 saturated heterocycles. The molecular weight excluding hydrogens is 320 g/mol. The Hall–Kier alpha value is -1.43. The molecule has 0 aromatic heterocycles. The third kappa shape index (κ3) is 1.97. The molecule has 4 aliphatic carbocycles. The van der Waals surface area contributed by atoms with Gasteiger partial charge in [0, 0.05) is 19.5 Å². The molecule has 0 radical (unpaired) electrons. The van der Waals surface area contributed by atoms with Crippen LogP contribution in [-0.4, -0.2) is 18.6 Å². The van der Waals surface area contributed by atoms with E-state index in [1.165, 1.54) is 13.3 Å². The maximum absolute atomic E-state index is 11.4. The molecule has 1 aromatic rings. The van der Waals surface area contributed by atoms with Crippen LogP contribution in [0.3, 0.4) is 0 Å². The maximum Gasteiger partial charge on any atom is 0.308 e. The minimum atomic E-state index is -2.66. The van der Waals surface area contributed by atoms with Crippen LogP contribution in [-0.2, 0) is 25.1 Å². The number of carbonyl (C=O) groups is 1. The third-order valence-electron chi connectivity index (χ3n) is 6.78. The maximum atomic E-state index is 11.4. The molecule has 1 spiro atoms. The van der Waals surface area contributed by atoms with Crippen molar-refractivity contribution < 1.29 is 28.2 Å². The quantitative estimate of drug-likeness (QED) is 0.475. The van der Waals surface area contributed by atoms with Gasteiger partial charge in [0.1, 0.15) is 5.75 Å². The second-order valence-corrected chi connectivity index (χ2v) is 8.10. The van der Waals surface area contributed by atoms with Gasteiger partial charge in [-0.15, -0.1) is 0 Å². The zero-order chi connectivity index (χ0) is 19.7. The molecule has 5 heteroatoms. The Morgan fingerprint density at radius 2 is 1.88 bits per heavy atom. The van der Waals surface area contributed by atoms with Gasteiger partial charge in [0.15, 0.2) is 5.60 Å². The SMILES string of the molecule is [2H]C([2H])([2H])OC1(c2cccc(OC(C)=O)c2)OOC12C1CC3CC(C1)CC2C3. The number of esters is 1. The summed E-state index contributed by atoms with van der Waals surface area (Å²) in [5.41, 5.74) is -0.301. The highest BCUT2D eigenvalue weighted by Gasteiger charge is 2.76. The Balaban J connectivity index is 1.60. The summed E-state index contributed by atoms with van der Waals surface area (Å²) < 4.78 is 34.3. The topological polar surface area (TPSA) is 54.0 Å². The molecule has 5 fully saturated rings. The Labute approximate surface area is 151 Å². The monoisotopic (exact) mass is 347 g/mol. The van der Waals surface area contributed by atoms with Crippen molar-refractivity contribution in [1.29, 1.82) is 0 Å². The molecule has 0 N–H and O–H groups in total.